The Hall–Kier alpha value is -1.00. The highest BCUT2D eigenvalue weighted by atomic mass is 32.2. The standard InChI is InChI=1S/C19H28N2OS/c1-14-11-15(2)18(16(3)12-14)19-21(17(22)13-23-19)10-6-9-20-7-4-5-8-20/h11-12,19H,4-10,13H2,1-3H3. The lowest BCUT2D eigenvalue weighted by molar-refractivity contribution is -0.128. The third-order valence-corrected chi connectivity index (χ3v) is 6.24. The molecular formula is C19H28N2OS. The summed E-state index contributed by atoms with van der Waals surface area (Å²) in [5, 5.41) is 0.210. The monoisotopic (exact) mass is 332 g/mol. The van der Waals surface area contributed by atoms with Crippen molar-refractivity contribution in [1.82, 2.24) is 9.80 Å². The number of hydrogen-bond acceptors (Lipinski definition) is 3. The van der Waals surface area contributed by atoms with Gasteiger partial charge in [0.15, 0.2) is 0 Å². The van der Waals surface area contributed by atoms with Crippen molar-refractivity contribution in [3.05, 3.63) is 34.4 Å². The number of rotatable bonds is 5. The predicted molar refractivity (Wildman–Crippen MR) is 97.9 cm³/mol. The molecule has 2 saturated heterocycles. The maximum Gasteiger partial charge on any atom is 0.233 e. The molecule has 0 bridgehead atoms. The normalized spacial score (nSPS) is 22.3. The minimum atomic E-state index is 0.210. The van der Waals surface area contributed by atoms with Gasteiger partial charge in [-0.15, -0.1) is 11.8 Å². The number of aryl methyl sites for hydroxylation is 3. The molecule has 3 nitrogen and oxygen atoms in total. The molecule has 1 aromatic carbocycles. The third-order valence-electron chi connectivity index (χ3n) is 5.03. The zero-order valence-corrected chi connectivity index (χ0v) is 15.4. The fourth-order valence-corrected chi connectivity index (χ4v) is 5.39. The summed E-state index contributed by atoms with van der Waals surface area (Å²) in [4.78, 5) is 17.0. The Kier molecular flexibility index (Phi) is 5.32. The van der Waals surface area contributed by atoms with E-state index in [-0.39, 0.29) is 5.37 Å². The number of likely N-dealkylation sites (tertiary alicyclic amines) is 1. The van der Waals surface area contributed by atoms with Crippen LogP contribution in [0.4, 0.5) is 0 Å². The summed E-state index contributed by atoms with van der Waals surface area (Å²) in [7, 11) is 0. The van der Waals surface area contributed by atoms with E-state index < -0.39 is 0 Å². The van der Waals surface area contributed by atoms with Crippen molar-refractivity contribution in [3.8, 4) is 0 Å². The lowest BCUT2D eigenvalue weighted by Gasteiger charge is -2.28. The van der Waals surface area contributed by atoms with E-state index in [1.165, 1.54) is 48.2 Å². The number of carbonyl (C=O) groups excluding carboxylic acids is 1. The quantitative estimate of drug-likeness (QED) is 0.822. The van der Waals surface area contributed by atoms with Gasteiger partial charge in [0, 0.05) is 6.54 Å². The van der Waals surface area contributed by atoms with E-state index in [1.807, 2.05) is 0 Å². The fraction of sp³-hybridized carbons (Fsp3) is 0.632. The molecule has 0 aromatic heterocycles. The van der Waals surface area contributed by atoms with Gasteiger partial charge in [0.1, 0.15) is 5.37 Å². The van der Waals surface area contributed by atoms with Crippen molar-refractivity contribution in [1.29, 1.82) is 0 Å². The van der Waals surface area contributed by atoms with Crippen molar-refractivity contribution in [3.63, 3.8) is 0 Å². The molecule has 1 aromatic rings. The predicted octanol–water partition coefficient (Wildman–Crippen LogP) is 3.67. The van der Waals surface area contributed by atoms with E-state index >= 15 is 0 Å². The molecule has 1 unspecified atom stereocenters. The largest absolute Gasteiger partial charge is 0.326 e. The molecule has 1 amide bonds. The number of nitrogens with zero attached hydrogens (tertiary/aromatic N) is 2. The van der Waals surface area contributed by atoms with E-state index in [9.17, 15) is 4.79 Å². The Morgan fingerprint density at radius 2 is 1.74 bits per heavy atom. The molecule has 1 atom stereocenters. The Labute approximate surface area is 144 Å². The Balaban J connectivity index is 1.69. The summed E-state index contributed by atoms with van der Waals surface area (Å²) in [5.41, 5.74) is 5.30. The Morgan fingerprint density at radius 1 is 1.09 bits per heavy atom. The molecule has 0 saturated carbocycles. The summed E-state index contributed by atoms with van der Waals surface area (Å²) in [6, 6.07) is 4.49. The Morgan fingerprint density at radius 3 is 2.39 bits per heavy atom. The lowest BCUT2D eigenvalue weighted by atomic mass is 9.99. The molecule has 126 valence electrons. The summed E-state index contributed by atoms with van der Waals surface area (Å²) in [6.45, 7) is 11.0. The topological polar surface area (TPSA) is 23.6 Å². The maximum absolute atomic E-state index is 12.4. The molecule has 2 aliphatic rings. The second kappa shape index (κ2) is 7.27. The van der Waals surface area contributed by atoms with Crippen molar-refractivity contribution in [2.75, 3.05) is 31.9 Å². The first-order chi connectivity index (χ1) is 11.1. The number of benzene rings is 1. The highest BCUT2D eigenvalue weighted by Crippen LogP contribution is 2.41. The molecule has 0 radical (unpaired) electrons. The fourth-order valence-electron chi connectivity index (χ4n) is 3.99. The first kappa shape index (κ1) is 16.8. The van der Waals surface area contributed by atoms with Crippen LogP contribution >= 0.6 is 11.8 Å². The highest BCUT2D eigenvalue weighted by Gasteiger charge is 2.34. The molecule has 3 rings (SSSR count). The van der Waals surface area contributed by atoms with Crippen LogP contribution in [0.5, 0.6) is 0 Å². The number of amides is 1. The van der Waals surface area contributed by atoms with Gasteiger partial charge < -0.3 is 9.80 Å². The van der Waals surface area contributed by atoms with E-state index in [4.69, 9.17) is 0 Å². The van der Waals surface area contributed by atoms with Gasteiger partial charge in [-0.05, 0) is 76.4 Å². The minimum Gasteiger partial charge on any atom is -0.326 e. The molecular weight excluding hydrogens is 304 g/mol. The molecule has 0 N–H and O–H groups in total. The van der Waals surface area contributed by atoms with E-state index in [2.05, 4.69) is 42.7 Å². The van der Waals surface area contributed by atoms with Gasteiger partial charge in [0.2, 0.25) is 5.91 Å². The van der Waals surface area contributed by atoms with Crippen LogP contribution in [0, 0.1) is 20.8 Å². The zero-order valence-electron chi connectivity index (χ0n) is 14.6. The zero-order chi connectivity index (χ0) is 16.4. The van der Waals surface area contributed by atoms with Crippen LogP contribution in [0.1, 0.15) is 46.9 Å². The second-order valence-corrected chi connectivity index (χ2v) is 8.03. The molecule has 0 aliphatic carbocycles. The maximum atomic E-state index is 12.4. The lowest BCUT2D eigenvalue weighted by Crippen LogP contribution is -2.32. The minimum absolute atomic E-state index is 0.210. The molecule has 2 fully saturated rings. The van der Waals surface area contributed by atoms with Gasteiger partial charge >= 0.3 is 0 Å². The second-order valence-electron chi connectivity index (χ2n) is 6.97. The molecule has 0 spiro atoms. The number of hydrogen-bond donors (Lipinski definition) is 0. The first-order valence-electron chi connectivity index (χ1n) is 8.77. The van der Waals surface area contributed by atoms with E-state index in [1.54, 1.807) is 11.8 Å². The summed E-state index contributed by atoms with van der Waals surface area (Å²) in [6.07, 6.45) is 3.76. The summed E-state index contributed by atoms with van der Waals surface area (Å²) in [5.74, 6) is 0.932. The van der Waals surface area contributed by atoms with Crippen molar-refractivity contribution in [2.24, 2.45) is 0 Å². The summed E-state index contributed by atoms with van der Waals surface area (Å²) < 4.78 is 0. The average Bonchev–Trinajstić information content (AvgIpc) is 3.10. The number of carbonyl (C=O) groups is 1. The average molecular weight is 333 g/mol. The molecule has 23 heavy (non-hydrogen) atoms. The van der Waals surface area contributed by atoms with Crippen LogP contribution in [0.25, 0.3) is 0 Å². The van der Waals surface area contributed by atoms with Gasteiger partial charge in [-0.25, -0.2) is 0 Å². The van der Waals surface area contributed by atoms with E-state index in [0.29, 0.717) is 11.7 Å². The molecule has 4 heteroatoms. The van der Waals surface area contributed by atoms with Crippen LogP contribution in [0.15, 0.2) is 12.1 Å². The third kappa shape index (κ3) is 3.74. The van der Waals surface area contributed by atoms with Crippen LogP contribution in [0.2, 0.25) is 0 Å². The van der Waals surface area contributed by atoms with Gasteiger partial charge in [-0.1, -0.05) is 17.7 Å². The van der Waals surface area contributed by atoms with Crippen molar-refractivity contribution < 1.29 is 4.79 Å². The van der Waals surface area contributed by atoms with Gasteiger partial charge in [-0.3, -0.25) is 4.79 Å². The number of thioether (sulfide) groups is 1. The van der Waals surface area contributed by atoms with Gasteiger partial charge in [0.25, 0.3) is 0 Å². The van der Waals surface area contributed by atoms with Crippen LogP contribution in [-0.2, 0) is 4.79 Å². The molecule has 2 heterocycles. The summed E-state index contributed by atoms with van der Waals surface area (Å²) >= 11 is 1.79. The van der Waals surface area contributed by atoms with Crippen LogP contribution in [-0.4, -0.2) is 47.6 Å². The molecule has 2 aliphatic heterocycles. The Bertz CT molecular complexity index is 558. The van der Waals surface area contributed by atoms with Gasteiger partial charge in [0.05, 0.1) is 5.75 Å². The smallest absolute Gasteiger partial charge is 0.233 e. The van der Waals surface area contributed by atoms with Crippen molar-refractivity contribution in [2.45, 2.75) is 45.4 Å². The van der Waals surface area contributed by atoms with Crippen LogP contribution < -0.4 is 0 Å². The SMILES string of the molecule is Cc1cc(C)c(C2SCC(=O)N2CCCN2CCCC2)c(C)c1. The highest BCUT2D eigenvalue weighted by molar-refractivity contribution is 8.00. The van der Waals surface area contributed by atoms with Crippen molar-refractivity contribution >= 4 is 17.7 Å². The van der Waals surface area contributed by atoms with E-state index in [0.717, 1.165) is 19.5 Å². The first-order valence-corrected chi connectivity index (χ1v) is 9.82. The van der Waals surface area contributed by atoms with Crippen LogP contribution in [0.3, 0.4) is 0 Å². The van der Waals surface area contributed by atoms with Gasteiger partial charge in [-0.2, -0.15) is 0 Å².